The van der Waals surface area contributed by atoms with E-state index in [1.807, 2.05) is 6.07 Å². The molecule has 9 heteroatoms. The van der Waals surface area contributed by atoms with E-state index in [9.17, 15) is 9.90 Å². The lowest BCUT2D eigenvalue weighted by molar-refractivity contribution is -0.138. The van der Waals surface area contributed by atoms with Gasteiger partial charge in [0.05, 0.1) is 47.3 Å². The van der Waals surface area contributed by atoms with Crippen LogP contribution in [0.5, 0.6) is 0 Å². The minimum absolute atomic E-state index is 0.00349. The molecule has 1 aromatic carbocycles. The lowest BCUT2D eigenvalue weighted by Crippen LogP contribution is -2.34. The van der Waals surface area contributed by atoms with Crippen molar-refractivity contribution < 1.29 is 19.7 Å². The smallest absolute Gasteiger partial charge is 0.305 e. The monoisotopic (exact) mass is 453 g/mol. The van der Waals surface area contributed by atoms with Gasteiger partial charge in [0.15, 0.2) is 0 Å². The number of nitrogens with zero attached hydrogens (tertiary/aromatic N) is 3. The second-order valence-corrected chi connectivity index (χ2v) is 8.64. The highest BCUT2D eigenvalue weighted by Crippen LogP contribution is 2.39. The minimum atomic E-state index is -0.863. The molecule has 2 fully saturated rings. The summed E-state index contributed by atoms with van der Waals surface area (Å²) in [4.78, 5) is 19.9. The molecule has 30 heavy (non-hydrogen) atoms. The van der Waals surface area contributed by atoms with Crippen LogP contribution in [0.3, 0.4) is 0 Å². The Morgan fingerprint density at radius 1 is 1.27 bits per heavy atom. The van der Waals surface area contributed by atoms with E-state index in [1.54, 1.807) is 6.07 Å². The van der Waals surface area contributed by atoms with E-state index in [0.29, 0.717) is 28.7 Å². The maximum absolute atomic E-state index is 10.7. The molecule has 0 spiro atoms. The van der Waals surface area contributed by atoms with E-state index in [2.05, 4.69) is 15.9 Å². The van der Waals surface area contributed by atoms with E-state index in [0.717, 1.165) is 49.2 Å². The zero-order valence-corrected chi connectivity index (χ0v) is 18.1. The molecule has 3 heterocycles. The van der Waals surface area contributed by atoms with Crippen LogP contribution in [0.25, 0.3) is 10.9 Å². The van der Waals surface area contributed by atoms with Crippen molar-refractivity contribution in [2.24, 2.45) is 0 Å². The van der Waals surface area contributed by atoms with Crippen LogP contribution in [0.15, 0.2) is 18.2 Å². The summed E-state index contributed by atoms with van der Waals surface area (Å²) in [6.45, 7) is 2.82. The average molecular weight is 454 g/mol. The second-order valence-electron chi connectivity index (χ2n) is 7.85. The quantitative estimate of drug-likeness (QED) is 0.619. The number of anilines is 2. The highest BCUT2D eigenvalue weighted by Gasteiger charge is 2.29. The van der Waals surface area contributed by atoms with Gasteiger partial charge in [-0.3, -0.25) is 4.79 Å². The van der Waals surface area contributed by atoms with Crippen molar-refractivity contribution in [2.75, 3.05) is 42.6 Å². The van der Waals surface area contributed by atoms with Crippen molar-refractivity contribution in [1.29, 1.82) is 0 Å². The Hall–Kier alpha value is -1.80. The molecule has 2 aromatic rings. The van der Waals surface area contributed by atoms with Crippen LogP contribution >= 0.6 is 23.2 Å². The van der Waals surface area contributed by atoms with Crippen LogP contribution in [-0.2, 0) is 9.53 Å². The number of ether oxygens (including phenoxy) is 1. The first-order chi connectivity index (χ1) is 14.4. The molecule has 0 amide bonds. The van der Waals surface area contributed by atoms with Crippen molar-refractivity contribution >= 4 is 51.6 Å². The Labute approximate surface area is 185 Å². The Morgan fingerprint density at radius 2 is 2.10 bits per heavy atom. The van der Waals surface area contributed by atoms with Crippen molar-refractivity contribution in [3.63, 3.8) is 0 Å². The number of aromatic nitrogens is 1. The van der Waals surface area contributed by atoms with Gasteiger partial charge in [-0.05, 0) is 31.4 Å². The van der Waals surface area contributed by atoms with Crippen LogP contribution in [0, 0.1) is 0 Å². The molecule has 0 radical (unpaired) electrons. The predicted octanol–water partition coefficient (Wildman–Crippen LogP) is 3.57. The summed E-state index contributed by atoms with van der Waals surface area (Å²) in [7, 11) is 0. The second kappa shape index (κ2) is 9.14. The summed E-state index contributed by atoms with van der Waals surface area (Å²) < 4.78 is 5.61. The van der Waals surface area contributed by atoms with Crippen molar-refractivity contribution in [3.05, 3.63) is 28.2 Å². The minimum Gasteiger partial charge on any atom is -0.481 e. The first-order valence-corrected chi connectivity index (χ1v) is 11.0. The molecule has 4 rings (SSSR count). The SMILES string of the molecule is O=C(O)CCOCC1CCCN1c1cc(N2CCC(O)C2)c2ccc(Cl)c(Cl)c2n1. The molecular formula is C21H25Cl2N3O4. The molecule has 2 atom stereocenters. The summed E-state index contributed by atoms with van der Waals surface area (Å²) in [5, 5.41) is 20.6. The summed E-state index contributed by atoms with van der Waals surface area (Å²) in [5.41, 5.74) is 1.64. The van der Waals surface area contributed by atoms with Crippen molar-refractivity contribution in [1.82, 2.24) is 4.98 Å². The first-order valence-electron chi connectivity index (χ1n) is 10.2. The van der Waals surface area contributed by atoms with E-state index < -0.39 is 5.97 Å². The Balaban J connectivity index is 1.66. The number of carboxylic acids is 1. The fourth-order valence-corrected chi connectivity index (χ4v) is 4.62. The standard InChI is InChI=1S/C21H25Cl2N3O4/c22-16-4-3-15-17(25-8-5-14(27)11-25)10-18(24-21(15)20(16)23)26-7-1-2-13(26)12-30-9-6-19(28)29/h3-4,10,13-14,27H,1-2,5-9,11-12H2,(H,28,29). The van der Waals surface area contributed by atoms with Gasteiger partial charge in [-0.1, -0.05) is 23.2 Å². The fraction of sp³-hybridized carbons (Fsp3) is 0.524. The summed E-state index contributed by atoms with van der Waals surface area (Å²) in [6.07, 6.45) is 2.34. The van der Waals surface area contributed by atoms with E-state index in [1.165, 1.54) is 0 Å². The van der Waals surface area contributed by atoms with Crippen molar-refractivity contribution in [3.8, 4) is 0 Å². The third kappa shape index (κ3) is 4.44. The topological polar surface area (TPSA) is 86.1 Å². The van der Waals surface area contributed by atoms with Gasteiger partial charge in [-0.25, -0.2) is 4.98 Å². The number of carbonyl (C=O) groups is 1. The van der Waals surface area contributed by atoms with Gasteiger partial charge in [-0.15, -0.1) is 0 Å². The number of aliphatic carboxylic acids is 1. The zero-order chi connectivity index (χ0) is 21.3. The van der Waals surface area contributed by atoms with Crippen LogP contribution in [0.2, 0.25) is 10.0 Å². The van der Waals surface area contributed by atoms with Crippen LogP contribution in [0.4, 0.5) is 11.5 Å². The van der Waals surface area contributed by atoms with Gasteiger partial charge in [0, 0.05) is 36.8 Å². The van der Waals surface area contributed by atoms with Gasteiger partial charge in [0.1, 0.15) is 5.82 Å². The maximum atomic E-state index is 10.7. The summed E-state index contributed by atoms with van der Waals surface area (Å²) in [5.74, 6) is -0.0640. The van der Waals surface area contributed by atoms with Gasteiger partial charge in [0.25, 0.3) is 0 Å². The molecule has 7 nitrogen and oxygen atoms in total. The molecule has 1 aromatic heterocycles. The molecule has 2 N–H and O–H groups in total. The number of hydrogen-bond donors (Lipinski definition) is 2. The predicted molar refractivity (Wildman–Crippen MR) is 118 cm³/mol. The molecule has 0 bridgehead atoms. The highest BCUT2D eigenvalue weighted by molar-refractivity contribution is 6.45. The number of carboxylic acid groups (broad SMARTS) is 1. The first kappa shape index (κ1) is 21.4. The molecule has 2 saturated heterocycles. The number of aliphatic hydroxyl groups is 1. The zero-order valence-electron chi connectivity index (χ0n) is 16.6. The van der Waals surface area contributed by atoms with E-state index in [-0.39, 0.29) is 25.2 Å². The fourth-order valence-electron chi connectivity index (χ4n) is 4.26. The Bertz CT molecular complexity index is 942. The number of aliphatic hydroxyl groups excluding tert-OH is 1. The summed E-state index contributed by atoms with van der Waals surface area (Å²) in [6, 6.07) is 5.88. The van der Waals surface area contributed by atoms with E-state index in [4.69, 9.17) is 38.0 Å². The number of rotatable bonds is 7. The number of pyridine rings is 1. The van der Waals surface area contributed by atoms with Crippen LogP contribution < -0.4 is 9.80 Å². The molecule has 2 aliphatic heterocycles. The molecule has 2 unspecified atom stereocenters. The maximum Gasteiger partial charge on any atom is 0.305 e. The molecule has 0 aliphatic carbocycles. The highest BCUT2D eigenvalue weighted by atomic mass is 35.5. The molecule has 2 aliphatic rings. The number of benzene rings is 1. The molecular weight excluding hydrogens is 429 g/mol. The third-order valence-corrected chi connectivity index (χ3v) is 6.58. The Kier molecular flexibility index (Phi) is 6.53. The van der Waals surface area contributed by atoms with Gasteiger partial charge < -0.3 is 24.7 Å². The number of halogens is 2. The van der Waals surface area contributed by atoms with Gasteiger partial charge in [0.2, 0.25) is 0 Å². The average Bonchev–Trinajstić information content (AvgIpc) is 3.36. The van der Waals surface area contributed by atoms with Crippen LogP contribution in [0.1, 0.15) is 25.7 Å². The Morgan fingerprint density at radius 3 is 2.83 bits per heavy atom. The molecule has 162 valence electrons. The largest absolute Gasteiger partial charge is 0.481 e. The summed E-state index contributed by atoms with van der Waals surface area (Å²) >= 11 is 12.8. The van der Waals surface area contributed by atoms with E-state index >= 15 is 0 Å². The third-order valence-electron chi connectivity index (χ3n) is 5.78. The lowest BCUT2D eigenvalue weighted by Gasteiger charge is -2.28. The molecule has 0 saturated carbocycles. The van der Waals surface area contributed by atoms with Crippen molar-refractivity contribution in [2.45, 2.75) is 37.8 Å². The normalized spacial score (nSPS) is 21.7. The van der Waals surface area contributed by atoms with Crippen LogP contribution in [-0.4, -0.2) is 66.2 Å². The van der Waals surface area contributed by atoms with Gasteiger partial charge >= 0.3 is 5.97 Å². The lowest BCUT2D eigenvalue weighted by atomic mass is 10.1. The van der Waals surface area contributed by atoms with Gasteiger partial charge in [-0.2, -0.15) is 0 Å². The number of hydrogen-bond acceptors (Lipinski definition) is 6. The number of β-amino-alcohol motifs (C(OH)–C–C–N with tert-alkyl or cyclic N) is 1. The number of fused-ring (bicyclic) bond motifs is 1.